The molecule has 2 aromatic rings. The van der Waals surface area contributed by atoms with E-state index in [-0.39, 0.29) is 29.9 Å². The second kappa shape index (κ2) is 9.29. The summed E-state index contributed by atoms with van der Waals surface area (Å²) in [7, 11) is 3.37. The second-order valence-corrected chi connectivity index (χ2v) is 9.11. The lowest BCUT2D eigenvalue weighted by atomic mass is 10.1. The minimum atomic E-state index is -0.294. The molecule has 176 valence electrons. The van der Waals surface area contributed by atoms with E-state index in [0.29, 0.717) is 22.8 Å². The first-order valence-electron chi connectivity index (χ1n) is 11.6. The molecular weight excluding hydrogens is 418 g/mol. The number of pyridine rings is 1. The van der Waals surface area contributed by atoms with Gasteiger partial charge in [0.05, 0.1) is 18.5 Å². The highest BCUT2D eigenvalue weighted by Gasteiger charge is 2.36. The van der Waals surface area contributed by atoms with E-state index in [9.17, 15) is 9.59 Å². The van der Waals surface area contributed by atoms with Crippen LogP contribution in [0.4, 0.5) is 23.0 Å². The molecule has 0 unspecified atom stereocenters. The van der Waals surface area contributed by atoms with Gasteiger partial charge in [0.15, 0.2) is 5.82 Å². The van der Waals surface area contributed by atoms with Crippen molar-refractivity contribution in [2.24, 2.45) is 0 Å². The highest BCUT2D eigenvalue weighted by Crippen LogP contribution is 2.37. The Hall–Kier alpha value is -3.29. The molecule has 1 atom stereocenters. The maximum Gasteiger partial charge on any atom is 0.251 e. The largest absolute Gasteiger partial charge is 0.495 e. The zero-order valence-corrected chi connectivity index (χ0v) is 20.0. The number of hydrogen-bond acceptors (Lipinski definition) is 6. The van der Waals surface area contributed by atoms with Crippen molar-refractivity contribution in [1.82, 2.24) is 10.3 Å². The molecule has 1 aliphatic heterocycles. The van der Waals surface area contributed by atoms with E-state index in [2.05, 4.69) is 24.5 Å². The molecule has 1 aliphatic carbocycles. The molecule has 1 aromatic carbocycles. The van der Waals surface area contributed by atoms with E-state index in [1.165, 1.54) is 12.8 Å². The Morgan fingerprint density at radius 1 is 1.18 bits per heavy atom. The Labute approximate surface area is 195 Å². The summed E-state index contributed by atoms with van der Waals surface area (Å²) >= 11 is 0. The van der Waals surface area contributed by atoms with Crippen LogP contribution in [0.3, 0.4) is 0 Å². The van der Waals surface area contributed by atoms with E-state index in [4.69, 9.17) is 9.72 Å². The van der Waals surface area contributed by atoms with Gasteiger partial charge in [0.2, 0.25) is 5.91 Å². The molecule has 0 saturated heterocycles. The number of carbonyl (C=O) groups is 2. The van der Waals surface area contributed by atoms with Crippen LogP contribution >= 0.6 is 0 Å². The molecule has 2 aliphatic rings. The second-order valence-electron chi connectivity index (χ2n) is 9.11. The summed E-state index contributed by atoms with van der Waals surface area (Å²) in [6, 6.07) is 9.21. The molecule has 2 amide bonds. The molecule has 1 saturated carbocycles. The van der Waals surface area contributed by atoms with Gasteiger partial charge in [-0.15, -0.1) is 0 Å². The standard InChI is InChI=1S/C25H33N5O3/c1-15(2)30-16(3)25(32)29(4)20-12-13-22(28-23(20)30)27-19-11-10-17(14-21(19)33-5)24(31)26-18-8-6-7-9-18/h10-16,18H,6-9H2,1-5H3,(H,26,31)(H,27,28)/t16-/m0/s1. The van der Waals surface area contributed by atoms with Crippen LogP contribution in [0.5, 0.6) is 5.75 Å². The van der Waals surface area contributed by atoms with Gasteiger partial charge in [0.1, 0.15) is 17.6 Å². The smallest absolute Gasteiger partial charge is 0.251 e. The van der Waals surface area contributed by atoms with Crippen molar-refractivity contribution in [2.75, 3.05) is 29.3 Å². The third-order valence-electron chi connectivity index (χ3n) is 6.54. The zero-order chi connectivity index (χ0) is 23.7. The first-order valence-corrected chi connectivity index (χ1v) is 11.6. The highest BCUT2D eigenvalue weighted by atomic mass is 16.5. The van der Waals surface area contributed by atoms with Gasteiger partial charge in [-0.2, -0.15) is 0 Å². The van der Waals surface area contributed by atoms with Crippen molar-refractivity contribution in [3.05, 3.63) is 35.9 Å². The summed E-state index contributed by atoms with van der Waals surface area (Å²) in [4.78, 5) is 33.8. The van der Waals surface area contributed by atoms with E-state index < -0.39 is 0 Å². The Balaban J connectivity index is 1.59. The van der Waals surface area contributed by atoms with Crippen LogP contribution in [0.15, 0.2) is 30.3 Å². The molecule has 0 radical (unpaired) electrons. The number of rotatable bonds is 6. The van der Waals surface area contributed by atoms with E-state index >= 15 is 0 Å². The van der Waals surface area contributed by atoms with Crippen LogP contribution in [0.25, 0.3) is 0 Å². The average molecular weight is 452 g/mol. The van der Waals surface area contributed by atoms with Crippen LogP contribution in [0, 0.1) is 0 Å². The molecule has 2 N–H and O–H groups in total. The average Bonchev–Trinajstić information content (AvgIpc) is 3.30. The number of aromatic nitrogens is 1. The number of amides is 2. The van der Waals surface area contributed by atoms with E-state index in [1.807, 2.05) is 30.0 Å². The lowest BCUT2D eigenvalue weighted by Crippen LogP contribution is -2.53. The summed E-state index contributed by atoms with van der Waals surface area (Å²) in [5.41, 5.74) is 2.07. The zero-order valence-electron chi connectivity index (χ0n) is 20.0. The number of fused-ring (bicyclic) bond motifs is 1. The minimum absolute atomic E-state index is 0.0480. The molecule has 4 rings (SSSR count). The molecule has 8 nitrogen and oxygen atoms in total. The number of likely N-dealkylation sites (N-methyl/N-ethyl adjacent to an activating group) is 1. The third kappa shape index (κ3) is 4.47. The number of hydrogen-bond donors (Lipinski definition) is 2. The molecule has 33 heavy (non-hydrogen) atoms. The van der Waals surface area contributed by atoms with Gasteiger partial charge >= 0.3 is 0 Å². The molecule has 2 heterocycles. The molecule has 1 aromatic heterocycles. The maximum absolute atomic E-state index is 12.6. The van der Waals surface area contributed by atoms with Gasteiger partial charge in [0.25, 0.3) is 5.91 Å². The Morgan fingerprint density at radius 2 is 1.91 bits per heavy atom. The Kier molecular flexibility index (Phi) is 6.44. The molecule has 0 bridgehead atoms. The van der Waals surface area contributed by atoms with E-state index in [1.54, 1.807) is 31.2 Å². The first-order chi connectivity index (χ1) is 15.8. The van der Waals surface area contributed by atoms with Crippen molar-refractivity contribution < 1.29 is 14.3 Å². The number of methoxy groups -OCH3 is 1. The van der Waals surface area contributed by atoms with Crippen LogP contribution < -0.4 is 25.2 Å². The van der Waals surface area contributed by atoms with Gasteiger partial charge in [-0.1, -0.05) is 12.8 Å². The van der Waals surface area contributed by atoms with Crippen LogP contribution in [-0.4, -0.2) is 49.1 Å². The third-order valence-corrected chi connectivity index (χ3v) is 6.54. The molecule has 1 fully saturated rings. The SMILES string of the molecule is COc1cc(C(=O)NC2CCCC2)ccc1Nc1ccc2c(n1)N(C(C)C)[C@@H](C)C(=O)N2C. The topological polar surface area (TPSA) is 86.8 Å². The Morgan fingerprint density at radius 3 is 2.58 bits per heavy atom. The molecule has 0 spiro atoms. The fraction of sp³-hybridized carbons (Fsp3) is 0.480. The van der Waals surface area contributed by atoms with Gasteiger partial charge in [-0.05, 0) is 63.9 Å². The minimum Gasteiger partial charge on any atom is -0.495 e. The summed E-state index contributed by atoms with van der Waals surface area (Å²) in [5.74, 6) is 1.93. The molecular formula is C25H33N5O3. The van der Waals surface area contributed by atoms with Gasteiger partial charge < -0.3 is 25.2 Å². The normalized spacial score (nSPS) is 18.5. The van der Waals surface area contributed by atoms with Crippen molar-refractivity contribution in [3.63, 3.8) is 0 Å². The first kappa shape index (κ1) is 22.9. The quantitative estimate of drug-likeness (QED) is 0.688. The predicted octanol–water partition coefficient (Wildman–Crippen LogP) is 4.09. The van der Waals surface area contributed by atoms with Crippen molar-refractivity contribution in [1.29, 1.82) is 0 Å². The van der Waals surface area contributed by atoms with Crippen molar-refractivity contribution >= 4 is 34.8 Å². The summed E-state index contributed by atoms with van der Waals surface area (Å²) < 4.78 is 5.56. The maximum atomic E-state index is 12.6. The fourth-order valence-electron chi connectivity index (χ4n) is 4.77. The number of anilines is 4. The summed E-state index contributed by atoms with van der Waals surface area (Å²) in [5, 5.41) is 6.43. The Bertz CT molecular complexity index is 1050. The number of nitrogens with one attached hydrogen (secondary N) is 2. The van der Waals surface area contributed by atoms with Crippen LogP contribution in [-0.2, 0) is 4.79 Å². The summed E-state index contributed by atoms with van der Waals surface area (Å²) in [6.45, 7) is 6.01. The fourth-order valence-corrected chi connectivity index (χ4v) is 4.77. The van der Waals surface area contributed by atoms with Crippen LogP contribution in [0.1, 0.15) is 56.8 Å². The van der Waals surface area contributed by atoms with Gasteiger partial charge in [0, 0.05) is 24.7 Å². The van der Waals surface area contributed by atoms with Crippen molar-refractivity contribution in [3.8, 4) is 5.75 Å². The predicted molar refractivity (Wildman–Crippen MR) is 131 cm³/mol. The van der Waals surface area contributed by atoms with E-state index in [0.717, 1.165) is 24.3 Å². The van der Waals surface area contributed by atoms with Gasteiger partial charge in [-0.25, -0.2) is 4.98 Å². The number of carbonyl (C=O) groups excluding carboxylic acids is 2. The number of nitrogens with zero attached hydrogens (tertiary/aromatic N) is 3. The lowest BCUT2D eigenvalue weighted by molar-refractivity contribution is -0.119. The highest BCUT2D eigenvalue weighted by molar-refractivity contribution is 6.04. The molecule has 8 heteroatoms. The lowest BCUT2D eigenvalue weighted by Gasteiger charge is -2.41. The monoisotopic (exact) mass is 451 g/mol. The summed E-state index contributed by atoms with van der Waals surface area (Å²) in [6.07, 6.45) is 4.42. The van der Waals surface area contributed by atoms with Gasteiger partial charge in [-0.3, -0.25) is 9.59 Å². The van der Waals surface area contributed by atoms with Crippen molar-refractivity contribution in [2.45, 2.75) is 64.6 Å². The van der Waals surface area contributed by atoms with Crippen LogP contribution in [0.2, 0.25) is 0 Å². The number of ether oxygens (including phenoxy) is 1. The number of benzene rings is 1.